The topological polar surface area (TPSA) is 76.2 Å². The maximum atomic E-state index is 9.38. The van der Waals surface area contributed by atoms with E-state index in [2.05, 4.69) is 45.0 Å². The van der Waals surface area contributed by atoms with Crippen molar-refractivity contribution >= 4 is 17.6 Å². The van der Waals surface area contributed by atoms with Gasteiger partial charge in [0.2, 0.25) is 0 Å². The third-order valence-corrected chi connectivity index (χ3v) is 5.15. The predicted molar refractivity (Wildman–Crippen MR) is 97.3 cm³/mol. The second-order valence-corrected chi connectivity index (χ2v) is 6.79. The molecule has 1 aromatic carbocycles. The molecule has 2 aromatic heterocycles. The van der Waals surface area contributed by atoms with Crippen LogP contribution < -0.4 is 0 Å². The number of rotatable bonds is 5. The number of hydrogen-bond donors (Lipinski definition) is 1. The van der Waals surface area contributed by atoms with Crippen LogP contribution in [0.2, 0.25) is 0 Å². The standard InChI is InChI=1S/C19H21N5O/c1-13-8-18(23-17(11-25)22-13)24-16-9-15(5-4-14(16)10-21-24)19(12-20-2)6-3-7-19/h4-5,8-10,25H,2-3,6-7,11-12H2,1H3. The highest BCUT2D eigenvalue weighted by atomic mass is 16.3. The van der Waals surface area contributed by atoms with Crippen LogP contribution in [-0.2, 0) is 12.0 Å². The van der Waals surface area contributed by atoms with Crippen LogP contribution in [0.3, 0.4) is 0 Å². The van der Waals surface area contributed by atoms with Crippen molar-refractivity contribution < 1.29 is 5.11 Å². The summed E-state index contributed by atoms with van der Waals surface area (Å²) >= 11 is 0. The lowest BCUT2D eigenvalue weighted by molar-refractivity contribution is 0.254. The Hall–Kier alpha value is -2.60. The molecule has 1 aliphatic carbocycles. The minimum absolute atomic E-state index is 0.114. The maximum absolute atomic E-state index is 9.38. The quantitative estimate of drug-likeness (QED) is 0.727. The zero-order valence-electron chi connectivity index (χ0n) is 14.3. The molecule has 1 fully saturated rings. The van der Waals surface area contributed by atoms with Crippen LogP contribution in [0.5, 0.6) is 0 Å². The van der Waals surface area contributed by atoms with Crippen molar-refractivity contribution in [3.05, 3.63) is 47.5 Å². The first-order chi connectivity index (χ1) is 12.1. The molecular weight excluding hydrogens is 314 g/mol. The third kappa shape index (κ3) is 2.62. The summed E-state index contributed by atoms with van der Waals surface area (Å²) in [5.74, 6) is 1.08. The van der Waals surface area contributed by atoms with Crippen molar-refractivity contribution in [2.45, 2.75) is 38.2 Å². The van der Waals surface area contributed by atoms with Gasteiger partial charge in [-0.05, 0) is 38.1 Å². The molecule has 2 heterocycles. The second-order valence-electron chi connectivity index (χ2n) is 6.79. The van der Waals surface area contributed by atoms with Crippen molar-refractivity contribution in [2.24, 2.45) is 4.99 Å². The van der Waals surface area contributed by atoms with Crippen molar-refractivity contribution in [2.75, 3.05) is 6.54 Å². The summed E-state index contributed by atoms with van der Waals surface area (Å²) in [5, 5.41) is 14.9. The molecule has 3 aromatic rings. The van der Waals surface area contributed by atoms with Gasteiger partial charge >= 0.3 is 0 Å². The Labute approximate surface area is 146 Å². The highest BCUT2D eigenvalue weighted by molar-refractivity contribution is 5.81. The lowest BCUT2D eigenvalue weighted by atomic mass is 9.64. The molecule has 0 spiro atoms. The summed E-state index contributed by atoms with van der Waals surface area (Å²) in [7, 11) is 0. The Morgan fingerprint density at radius 2 is 2.12 bits per heavy atom. The van der Waals surface area contributed by atoms with E-state index < -0.39 is 0 Å². The molecule has 1 N–H and O–H groups in total. The Morgan fingerprint density at radius 1 is 1.28 bits per heavy atom. The van der Waals surface area contributed by atoms with Crippen LogP contribution in [-0.4, -0.2) is 38.1 Å². The Balaban J connectivity index is 1.85. The first-order valence-electron chi connectivity index (χ1n) is 8.52. The fourth-order valence-corrected chi connectivity index (χ4v) is 3.68. The van der Waals surface area contributed by atoms with Crippen molar-refractivity contribution in [3.63, 3.8) is 0 Å². The van der Waals surface area contributed by atoms with Crippen LogP contribution in [0.1, 0.15) is 36.3 Å². The number of fused-ring (bicyclic) bond motifs is 1. The van der Waals surface area contributed by atoms with Gasteiger partial charge < -0.3 is 10.1 Å². The van der Waals surface area contributed by atoms with E-state index >= 15 is 0 Å². The van der Waals surface area contributed by atoms with Gasteiger partial charge in [-0.3, -0.25) is 0 Å². The zero-order chi connectivity index (χ0) is 17.4. The molecule has 0 atom stereocenters. The molecule has 25 heavy (non-hydrogen) atoms. The molecule has 4 rings (SSSR count). The Morgan fingerprint density at radius 3 is 2.80 bits per heavy atom. The van der Waals surface area contributed by atoms with Crippen molar-refractivity contribution in [3.8, 4) is 5.82 Å². The predicted octanol–water partition coefficient (Wildman–Crippen LogP) is 2.74. The van der Waals surface area contributed by atoms with Crippen molar-refractivity contribution in [1.29, 1.82) is 0 Å². The van der Waals surface area contributed by atoms with Crippen molar-refractivity contribution in [1.82, 2.24) is 19.7 Å². The number of nitrogens with zero attached hydrogens (tertiary/aromatic N) is 5. The average Bonchev–Trinajstić information content (AvgIpc) is 3.00. The number of benzene rings is 1. The first kappa shape index (κ1) is 15.9. The highest BCUT2D eigenvalue weighted by Crippen LogP contribution is 2.44. The van der Waals surface area contributed by atoms with E-state index in [1.54, 1.807) is 0 Å². The van der Waals surface area contributed by atoms with E-state index in [9.17, 15) is 5.11 Å². The number of aromatic nitrogens is 4. The molecule has 0 radical (unpaired) electrons. The monoisotopic (exact) mass is 335 g/mol. The molecule has 0 bridgehead atoms. The third-order valence-electron chi connectivity index (χ3n) is 5.15. The van der Waals surface area contributed by atoms with E-state index in [1.165, 1.54) is 12.0 Å². The smallest absolute Gasteiger partial charge is 0.158 e. The van der Waals surface area contributed by atoms with Gasteiger partial charge in [-0.25, -0.2) is 14.6 Å². The number of hydrogen-bond acceptors (Lipinski definition) is 5. The molecule has 0 amide bonds. The zero-order valence-corrected chi connectivity index (χ0v) is 14.3. The number of aliphatic hydroxyl groups excluding tert-OH is 1. The fourth-order valence-electron chi connectivity index (χ4n) is 3.68. The van der Waals surface area contributed by atoms with Crippen LogP contribution in [0, 0.1) is 6.92 Å². The molecule has 1 aliphatic rings. The molecule has 0 unspecified atom stereocenters. The van der Waals surface area contributed by atoms with Crippen LogP contribution in [0.4, 0.5) is 0 Å². The summed E-state index contributed by atoms with van der Waals surface area (Å²) in [5.41, 5.74) is 3.21. The van der Waals surface area contributed by atoms with Gasteiger partial charge in [-0.15, -0.1) is 0 Å². The van der Waals surface area contributed by atoms with Crippen LogP contribution in [0.15, 0.2) is 35.5 Å². The number of aliphatic hydroxyl groups is 1. The van der Waals surface area contributed by atoms with Gasteiger partial charge in [0.1, 0.15) is 6.61 Å². The molecule has 128 valence electrons. The Kier molecular flexibility index (Phi) is 3.84. The molecular formula is C19H21N5O. The first-order valence-corrected chi connectivity index (χ1v) is 8.52. The molecule has 0 saturated heterocycles. The van der Waals surface area contributed by atoms with E-state index in [4.69, 9.17) is 0 Å². The fraction of sp³-hybridized carbons (Fsp3) is 0.368. The summed E-state index contributed by atoms with van der Waals surface area (Å²) < 4.78 is 1.82. The summed E-state index contributed by atoms with van der Waals surface area (Å²) in [6, 6.07) is 8.37. The maximum Gasteiger partial charge on any atom is 0.158 e. The van der Waals surface area contributed by atoms with Gasteiger partial charge in [0.15, 0.2) is 11.6 Å². The van der Waals surface area contributed by atoms with Gasteiger partial charge in [0.05, 0.1) is 11.7 Å². The summed E-state index contributed by atoms with van der Waals surface area (Å²) in [6.07, 6.45) is 5.37. The molecule has 0 aliphatic heterocycles. The van der Waals surface area contributed by atoms with E-state index in [0.717, 1.165) is 36.0 Å². The van der Waals surface area contributed by atoms with Gasteiger partial charge in [0.25, 0.3) is 0 Å². The number of aryl methyl sites for hydroxylation is 1. The lowest BCUT2D eigenvalue weighted by Crippen LogP contribution is -2.37. The van der Waals surface area contributed by atoms with E-state index in [-0.39, 0.29) is 12.0 Å². The SMILES string of the molecule is C=NCC1(c2ccc3cnn(-c4cc(C)nc(CO)n4)c3c2)CCC1. The van der Waals surface area contributed by atoms with Gasteiger partial charge in [0, 0.05) is 29.1 Å². The largest absolute Gasteiger partial charge is 0.388 e. The van der Waals surface area contributed by atoms with Gasteiger partial charge in [-0.1, -0.05) is 18.6 Å². The molecule has 6 heteroatoms. The highest BCUT2D eigenvalue weighted by Gasteiger charge is 2.38. The molecule has 1 saturated carbocycles. The molecule has 6 nitrogen and oxygen atoms in total. The second kappa shape index (κ2) is 6.04. The summed E-state index contributed by atoms with van der Waals surface area (Å²) in [4.78, 5) is 12.8. The number of aliphatic imine (C=N–C) groups is 1. The van der Waals surface area contributed by atoms with Crippen LogP contribution >= 0.6 is 0 Å². The average molecular weight is 335 g/mol. The minimum Gasteiger partial charge on any atom is -0.388 e. The normalized spacial score (nSPS) is 15.9. The Bertz CT molecular complexity index is 942. The van der Waals surface area contributed by atoms with Gasteiger partial charge in [-0.2, -0.15) is 5.10 Å². The van der Waals surface area contributed by atoms with Crippen LogP contribution in [0.25, 0.3) is 16.7 Å². The summed E-state index contributed by atoms with van der Waals surface area (Å²) in [6.45, 7) is 6.15. The minimum atomic E-state index is -0.187. The van der Waals surface area contributed by atoms with E-state index in [1.807, 2.05) is 23.9 Å². The van der Waals surface area contributed by atoms with E-state index in [0.29, 0.717) is 11.6 Å². The lowest BCUT2D eigenvalue weighted by Gasteiger charge is -2.41.